The molecule has 0 aliphatic carbocycles. The smallest absolute Gasteiger partial charge is 0.133 e. The van der Waals surface area contributed by atoms with E-state index in [1.165, 1.54) is 12.8 Å². The Bertz CT molecular complexity index is 148. The minimum absolute atomic E-state index is 0.434. The van der Waals surface area contributed by atoms with Gasteiger partial charge in [0.05, 0.1) is 0 Å². The van der Waals surface area contributed by atoms with Gasteiger partial charge in [-0.3, -0.25) is 4.79 Å². The van der Waals surface area contributed by atoms with Crippen LogP contribution in [-0.2, 0) is 9.53 Å². The highest BCUT2D eigenvalue weighted by Gasteiger charge is 2.18. The van der Waals surface area contributed by atoms with Crippen molar-refractivity contribution in [1.82, 2.24) is 0 Å². The van der Waals surface area contributed by atoms with E-state index in [1.807, 2.05) is 0 Å². The molecule has 0 aromatic heterocycles. The fraction of sp³-hybridized carbons (Fsp3) is 0.909. The number of rotatable bonds is 6. The van der Waals surface area contributed by atoms with Crippen molar-refractivity contribution in [2.75, 3.05) is 13.2 Å². The molecule has 13 heavy (non-hydrogen) atoms. The Morgan fingerprint density at radius 3 is 2.92 bits per heavy atom. The van der Waals surface area contributed by atoms with Crippen LogP contribution in [0.1, 0.15) is 45.4 Å². The Morgan fingerprint density at radius 2 is 2.31 bits per heavy atom. The van der Waals surface area contributed by atoms with Gasteiger partial charge in [-0.1, -0.05) is 19.8 Å². The van der Waals surface area contributed by atoms with Crippen molar-refractivity contribution in [2.45, 2.75) is 45.4 Å². The van der Waals surface area contributed by atoms with E-state index in [-0.39, 0.29) is 0 Å². The largest absolute Gasteiger partial charge is 0.381 e. The molecule has 0 amide bonds. The molecule has 1 aliphatic rings. The number of Topliss-reactive ketones (excluding diaryl/α,β-unsaturated/α-hetero) is 1. The van der Waals surface area contributed by atoms with Gasteiger partial charge in [0, 0.05) is 26.1 Å². The molecule has 0 saturated carbocycles. The Labute approximate surface area is 80.7 Å². The molecule has 0 radical (unpaired) electrons. The van der Waals surface area contributed by atoms with Gasteiger partial charge in [0.2, 0.25) is 0 Å². The Morgan fingerprint density at radius 1 is 1.46 bits per heavy atom. The van der Waals surface area contributed by atoms with Gasteiger partial charge in [-0.05, 0) is 18.8 Å². The van der Waals surface area contributed by atoms with Crippen LogP contribution in [0.3, 0.4) is 0 Å². The molecular formula is C11H20O2. The SMILES string of the molecule is CCCCCC(=O)CC1CCOC1. The Balaban J connectivity index is 2.02. The maximum atomic E-state index is 11.4. The quantitative estimate of drug-likeness (QED) is 0.593. The topological polar surface area (TPSA) is 26.3 Å². The summed E-state index contributed by atoms with van der Waals surface area (Å²) in [6, 6.07) is 0. The van der Waals surface area contributed by atoms with Gasteiger partial charge < -0.3 is 4.74 Å². The molecule has 1 aliphatic heterocycles. The van der Waals surface area contributed by atoms with Gasteiger partial charge in [-0.25, -0.2) is 0 Å². The molecule has 76 valence electrons. The first-order valence-electron chi connectivity index (χ1n) is 5.42. The third kappa shape index (κ3) is 4.41. The zero-order valence-corrected chi connectivity index (χ0v) is 8.55. The molecule has 0 aromatic carbocycles. The lowest BCUT2D eigenvalue weighted by Gasteiger charge is -2.05. The van der Waals surface area contributed by atoms with Crippen LogP contribution in [0.4, 0.5) is 0 Å². The van der Waals surface area contributed by atoms with Crippen LogP contribution in [0, 0.1) is 5.92 Å². The highest BCUT2D eigenvalue weighted by Crippen LogP contribution is 2.17. The van der Waals surface area contributed by atoms with Gasteiger partial charge in [-0.2, -0.15) is 0 Å². The van der Waals surface area contributed by atoms with Crippen molar-refractivity contribution in [1.29, 1.82) is 0 Å². The zero-order valence-electron chi connectivity index (χ0n) is 8.55. The second-order valence-electron chi connectivity index (χ2n) is 3.93. The number of ether oxygens (including phenoxy) is 1. The van der Waals surface area contributed by atoms with Crippen LogP contribution in [0.25, 0.3) is 0 Å². The van der Waals surface area contributed by atoms with E-state index in [0.717, 1.165) is 38.9 Å². The summed E-state index contributed by atoms with van der Waals surface area (Å²) in [5.74, 6) is 0.957. The van der Waals surface area contributed by atoms with Gasteiger partial charge in [0.25, 0.3) is 0 Å². The van der Waals surface area contributed by atoms with Crippen LogP contribution < -0.4 is 0 Å². The summed E-state index contributed by atoms with van der Waals surface area (Å²) in [6.07, 6.45) is 6.07. The number of hydrogen-bond donors (Lipinski definition) is 0. The average molecular weight is 184 g/mol. The third-order valence-electron chi connectivity index (χ3n) is 2.60. The molecule has 1 heterocycles. The summed E-state index contributed by atoms with van der Waals surface area (Å²) in [7, 11) is 0. The molecule has 0 aromatic rings. The number of carbonyl (C=O) groups is 1. The van der Waals surface area contributed by atoms with E-state index in [0.29, 0.717) is 11.7 Å². The predicted octanol–water partition coefficient (Wildman–Crippen LogP) is 2.56. The molecule has 1 fully saturated rings. The Hall–Kier alpha value is -0.370. The predicted molar refractivity (Wildman–Crippen MR) is 52.7 cm³/mol. The summed E-state index contributed by atoms with van der Waals surface area (Å²) in [6.45, 7) is 3.82. The first kappa shape index (κ1) is 10.7. The van der Waals surface area contributed by atoms with Crippen LogP contribution in [-0.4, -0.2) is 19.0 Å². The summed E-state index contributed by atoms with van der Waals surface area (Å²) in [5.41, 5.74) is 0. The number of carbonyl (C=O) groups excluding carboxylic acids is 1. The maximum absolute atomic E-state index is 11.4. The van der Waals surface area contributed by atoms with Gasteiger partial charge >= 0.3 is 0 Å². The fourth-order valence-electron chi connectivity index (χ4n) is 1.74. The summed E-state index contributed by atoms with van der Waals surface area (Å²) < 4.78 is 5.23. The van der Waals surface area contributed by atoms with Crippen molar-refractivity contribution >= 4 is 5.78 Å². The van der Waals surface area contributed by atoms with Crippen molar-refractivity contribution in [3.63, 3.8) is 0 Å². The monoisotopic (exact) mass is 184 g/mol. The molecule has 1 unspecified atom stereocenters. The van der Waals surface area contributed by atoms with Crippen LogP contribution in [0.2, 0.25) is 0 Å². The van der Waals surface area contributed by atoms with E-state index in [9.17, 15) is 4.79 Å². The van der Waals surface area contributed by atoms with Crippen LogP contribution >= 0.6 is 0 Å². The summed E-state index contributed by atoms with van der Waals surface area (Å²) in [4.78, 5) is 11.4. The minimum Gasteiger partial charge on any atom is -0.381 e. The van der Waals surface area contributed by atoms with E-state index in [1.54, 1.807) is 0 Å². The second-order valence-corrected chi connectivity index (χ2v) is 3.93. The highest BCUT2D eigenvalue weighted by atomic mass is 16.5. The van der Waals surface area contributed by atoms with Crippen molar-refractivity contribution < 1.29 is 9.53 Å². The number of unbranched alkanes of at least 4 members (excludes halogenated alkanes) is 2. The molecule has 1 atom stereocenters. The lowest BCUT2D eigenvalue weighted by atomic mass is 9.99. The molecule has 0 spiro atoms. The van der Waals surface area contributed by atoms with E-state index in [4.69, 9.17) is 4.74 Å². The third-order valence-corrected chi connectivity index (χ3v) is 2.60. The van der Waals surface area contributed by atoms with Gasteiger partial charge in [-0.15, -0.1) is 0 Å². The standard InChI is InChI=1S/C11H20O2/c1-2-3-4-5-11(12)8-10-6-7-13-9-10/h10H,2-9H2,1H3. The lowest BCUT2D eigenvalue weighted by molar-refractivity contribution is -0.120. The van der Waals surface area contributed by atoms with Crippen molar-refractivity contribution in [3.05, 3.63) is 0 Å². The average Bonchev–Trinajstić information content (AvgIpc) is 2.57. The number of ketones is 1. The molecular weight excluding hydrogens is 164 g/mol. The Kier molecular flexibility index (Phi) is 5.06. The summed E-state index contributed by atoms with van der Waals surface area (Å²) >= 11 is 0. The van der Waals surface area contributed by atoms with E-state index < -0.39 is 0 Å². The molecule has 0 bridgehead atoms. The normalized spacial score (nSPS) is 22.1. The van der Waals surface area contributed by atoms with E-state index in [2.05, 4.69) is 6.92 Å². The lowest BCUT2D eigenvalue weighted by Crippen LogP contribution is -2.08. The van der Waals surface area contributed by atoms with Gasteiger partial charge in [0.1, 0.15) is 5.78 Å². The van der Waals surface area contributed by atoms with Crippen LogP contribution in [0.5, 0.6) is 0 Å². The molecule has 0 N–H and O–H groups in total. The zero-order chi connectivity index (χ0) is 9.52. The first-order chi connectivity index (χ1) is 6.33. The van der Waals surface area contributed by atoms with Crippen molar-refractivity contribution in [3.8, 4) is 0 Å². The van der Waals surface area contributed by atoms with Crippen LogP contribution in [0.15, 0.2) is 0 Å². The fourth-order valence-corrected chi connectivity index (χ4v) is 1.74. The molecule has 2 heteroatoms. The second kappa shape index (κ2) is 6.14. The first-order valence-corrected chi connectivity index (χ1v) is 5.42. The molecule has 1 saturated heterocycles. The van der Waals surface area contributed by atoms with E-state index >= 15 is 0 Å². The highest BCUT2D eigenvalue weighted by molar-refractivity contribution is 5.78. The molecule has 1 rings (SSSR count). The minimum atomic E-state index is 0.434. The summed E-state index contributed by atoms with van der Waals surface area (Å²) in [5, 5.41) is 0. The maximum Gasteiger partial charge on any atom is 0.133 e. The van der Waals surface area contributed by atoms with Gasteiger partial charge in [0.15, 0.2) is 0 Å². The molecule has 2 nitrogen and oxygen atoms in total. The number of hydrogen-bond acceptors (Lipinski definition) is 2. The van der Waals surface area contributed by atoms with Crippen molar-refractivity contribution in [2.24, 2.45) is 5.92 Å².